The number of hydrogen-bond donors (Lipinski definition) is 2. The summed E-state index contributed by atoms with van der Waals surface area (Å²) in [7, 11) is -3.45. The molecule has 1 aliphatic carbocycles. The summed E-state index contributed by atoms with van der Waals surface area (Å²) in [6.45, 7) is 2.28. The number of aliphatic carboxylic acids is 1. The first-order valence-electron chi connectivity index (χ1n) is 11.5. The molecule has 0 radical (unpaired) electrons. The number of carboxylic acids is 1. The van der Waals surface area contributed by atoms with Gasteiger partial charge in [0, 0.05) is 38.8 Å². The maximum atomic E-state index is 14.2. The van der Waals surface area contributed by atoms with Gasteiger partial charge in [0.05, 0.1) is 11.3 Å². The van der Waals surface area contributed by atoms with Crippen molar-refractivity contribution >= 4 is 21.9 Å². The second-order valence-electron chi connectivity index (χ2n) is 8.39. The predicted octanol–water partition coefficient (Wildman–Crippen LogP) is 2.86. The number of sulfonamides is 1. The van der Waals surface area contributed by atoms with E-state index in [0.29, 0.717) is 26.2 Å². The van der Waals surface area contributed by atoms with Crippen molar-refractivity contribution in [3.8, 4) is 0 Å². The first-order valence-corrected chi connectivity index (χ1v) is 13.1. The Bertz CT molecular complexity index is 945. The van der Waals surface area contributed by atoms with Crippen LogP contribution in [-0.4, -0.2) is 85.3 Å². The molecule has 2 aliphatic rings. The first kappa shape index (κ1) is 29.0. The molecule has 2 N–H and O–H groups in total. The zero-order chi connectivity index (χ0) is 26.1. The number of hydrogen-bond acceptors (Lipinski definition) is 5. The summed E-state index contributed by atoms with van der Waals surface area (Å²) in [4.78, 5) is 23.6. The molecule has 35 heavy (non-hydrogen) atoms. The van der Waals surface area contributed by atoms with Crippen molar-refractivity contribution in [2.75, 3.05) is 38.5 Å². The molecule has 13 heteroatoms. The summed E-state index contributed by atoms with van der Waals surface area (Å²) in [5.41, 5.74) is 0.0197. The largest absolute Gasteiger partial charge is 0.490 e. The number of carbonyl (C=O) groups is 2. The summed E-state index contributed by atoms with van der Waals surface area (Å²) >= 11 is 0. The van der Waals surface area contributed by atoms with Crippen molar-refractivity contribution in [3.05, 3.63) is 35.6 Å². The van der Waals surface area contributed by atoms with Crippen molar-refractivity contribution in [1.29, 1.82) is 0 Å². The lowest BCUT2D eigenvalue weighted by molar-refractivity contribution is -0.192. The van der Waals surface area contributed by atoms with Crippen LogP contribution in [0.15, 0.2) is 24.3 Å². The summed E-state index contributed by atoms with van der Waals surface area (Å²) in [6.07, 6.45) is 0.864. The number of alkyl halides is 3. The second-order valence-corrected chi connectivity index (χ2v) is 10.5. The van der Waals surface area contributed by atoms with E-state index in [1.165, 1.54) is 16.4 Å². The van der Waals surface area contributed by atoms with E-state index in [0.717, 1.165) is 38.5 Å². The SMILES string of the molecule is O=C(O)C(F)(F)F.O=C(c1ccccc1F)N(CCS(=O)(=O)N1CCNCC1)C1CCCCCC1. The maximum absolute atomic E-state index is 14.2. The Balaban J connectivity index is 0.000000540. The molecular weight excluding hydrogens is 494 g/mol. The number of rotatable bonds is 6. The zero-order valence-corrected chi connectivity index (χ0v) is 20.1. The van der Waals surface area contributed by atoms with E-state index < -0.39 is 33.9 Å². The third-order valence-electron chi connectivity index (χ3n) is 5.93. The molecule has 1 heterocycles. The van der Waals surface area contributed by atoms with Crippen LogP contribution in [0.2, 0.25) is 0 Å². The number of nitrogens with zero attached hydrogens (tertiary/aromatic N) is 2. The van der Waals surface area contributed by atoms with Crippen molar-refractivity contribution in [2.45, 2.75) is 50.7 Å². The Labute approximate surface area is 202 Å². The minimum atomic E-state index is -5.08. The van der Waals surface area contributed by atoms with Crippen LogP contribution in [0.3, 0.4) is 0 Å². The van der Waals surface area contributed by atoms with Crippen molar-refractivity contribution < 1.29 is 40.7 Å². The number of halogens is 4. The maximum Gasteiger partial charge on any atom is 0.490 e. The van der Waals surface area contributed by atoms with Gasteiger partial charge in [0.1, 0.15) is 5.82 Å². The monoisotopic (exact) mass is 525 g/mol. The van der Waals surface area contributed by atoms with E-state index in [2.05, 4.69) is 5.32 Å². The molecule has 8 nitrogen and oxygen atoms in total. The lowest BCUT2D eigenvalue weighted by atomic mass is 10.1. The highest BCUT2D eigenvalue weighted by atomic mass is 32.2. The number of carbonyl (C=O) groups excluding carboxylic acids is 1. The molecule has 1 aliphatic heterocycles. The molecule has 0 spiro atoms. The van der Waals surface area contributed by atoms with Gasteiger partial charge in [-0.25, -0.2) is 17.6 Å². The van der Waals surface area contributed by atoms with Gasteiger partial charge in [-0.1, -0.05) is 37.8 Å². The normalized spacial score (nSPS) is 18.2. The van der Waals surface area contributed by atoms with E-state index in [1.807, 2.05) is 0 Å². The van der Waals surface area contributed by atoms with Crippen LogP contribution in [0.5, 0.6) is 0 Å². The highest BCUT2D eigenvalue weighted by molar-refractivity contribution is 7.89. The van der Waals surface area contributed by atoms with Crippen LogP contribution in [0, 0.1) is 5.82 Å². The average molecular weight is 526 g/mol. The summed E-state index contributed by atoms with van der Waals surface area (Å²) < 4.78 is 73.0. The van der Waals surface area contributed by atoms with Crippen LogP contribution in [-0.2, 0) is 14.8 Å². The molecule has 0 atom stereocenters. The fourth-order valence-electron chi connectivity index (χ4n) is 4.07. The zero-order valence-electron chi connectivity index (χ0n) is 19.3. The standard InChI is InChI=1S/C20H30FN3O3S.C2HF3O2/c21-19-10-6-5-9-18(19)20(25)24(17-7-3-1-2-4-8-17)15-16-28(26,27)23-13-11-22-12-14-23;3-2(4,5)1(6)7/h5-6,9-10,17,22H,1-4,7-8,11-16H2;(H,6,7). The lowest BCUT2D eigenvalue weighted by Crippen LogP contribution is -2.49. The number of piperazine rings is 1. The lowest BCUT2D eigenvalue weighted by Gasteiger charge is -2.33. The summed E-state index contributed by atoms with van der Waals surface area (Å²) in [5.74, 6) is -3.84. The highest BCUT2D eigenvalue weighted by Crippen LogP contribution is 2.24. The Hall–Kier alpha value is -2.25. The van der Waals surface area contributed by atoms with E-state index >= 15 is 0 Å². The average Bonchev–Trinajstić information content (AvgIpc) is 3.09. The fourth-order valence-corrected chi connectivity index (χ4v) is 5.50. The highest BCUT2D eigenvalue weighted by Gasteiger charge is 2.38. The minimum absolute atomic E-state index is 0.0197. The predicted molar refractivity (Wildman–Crippen MR) is 121 cm³/mol. The second kappa shape index (κ2) is 13.2. The van der Waals surface area contributed by atoms with Gasteiger partial charge in [-0.2, -0.15) is 17.5 Å². The van der Waals surface area contributed by atoms with Crippen LogP contribution in [0.25, 0.3) is 0 Å². The molecule has 1 saturated heterocycles. The molecule has 0 aromatic heterocycles. The van der Waals surface area contributed by atoms with Gasteiger partial charge in [0.25, 0.3) is 5.91 Å². The van der Waals surface area contributed by atoms with Gasteiger partial charge in [0.15, 0.2) is 0 Å². The third kappa shape index (κ3) is 9.04. The summed E-state index contributed by atoms with van der Waals surface area (Å²) in [6, 6.07) is 5.91. The molecule has 1 aromatic rings. The van der Waals surface area contributed by atoms with Gasteiger partial charge in [-0.15, -0.1) is 0 Å². The molecule has 1 aromatic carbocycles. The van der Waals surface area contributed by atoms with Crippen molar-refractivity contribution in [3.63, 3.8) is 0 Å². The van der Waals surface area contributed by atoms with E-state index in [-0.39, 0.29) is 23.9 Å². The van der Waals surface area contributed by atoms with Crippen molar-refractivity contribution in [1.82, 2.24) is 14.5 Å². The number of benzene rings is 1. The van der Waals surface area contributed by atoms with E-state index in [4.69, 9.17) is 9.90 Å². The van der Waals surface area contributed by atoms with Crippen LogP contribution >= 0.6 is 0 Å². The molecular formula is C22H31F4N3O5S. The smallest absolute Gasteiger partial charge is 0.475 e. The Morgan fingerprint density at radius 2 is 1.60 bits per heavy atom. The molecule has 0 unspecified atom stereocenters. The molecule has 0 bridgehead atoms. The van der Waals surface area contributed by atoms with Gasteiger partial charge in [-0.05, 0) is 25.0 Å². The van der Waals surface area contributed by atoms with Gasteiger partial charge >= 0.3 is 12.1 Å². The molecule has 1 saturated carbocycles. The Kier molecular flexibility index (Phi) is 10.9. The molecule has 3 rings (SSSR count). The van der Waals surface area contributed by atoms with Gasteiger partial charge in [-0.3, -0.25) is 4.79 Å². The van der Waals surface area contributed by atoms with E-state index in [1.54, 1.807) is 17.0 Å². The number of nitrogens with one attached hydrogen (secondary N) is 1. The number of amides is 1. The quantitative estimate of drug-likeness (QED) is 0.437. The first-order chi connectivity index (χ1) is 16.4. The van der Waals surface area contributed by atoms with Crippen molar-refractivity contribution in [2.24, 2.45) is 0 Å². The minimum Gasteiger partial charge on any atom is -0.475 e. The topological polar surface area (TPSA) is 107 Å². The van der Waals surface area contributed by atoms with Gasteiger partial charge in [0.2, 0.25) is 10.0 Å². The molecule has 2 fully saturated rings. The Morgan fingerprint density at radius 1 is 1.06 bits per heavy atom. The molecule has 1 amide bonds. The van der Waals surface area contributed by atoms with Crippen LogP contribution in [0.1, 0.15) is 48.9 Å². The molecule has 198 valence electrons. The van der Waals surface area contributed by atoms with Crippen LogP contribution in [0.4, 0.5) is 17.6 Å². The summed E-state index contributed by atoms with van der Waals surface area (Å²) in [5, 5.41) is 10.3. The van der Waals surface area contributed by atoms with Crippen LogP contribution < -0.4 is 5.32 Å². The number of carboxylic acid groups (broad SMARTS) is 1. The van der Waals surface area contributed by atoms with Gasteiger partial charge < -0.3 is 15.3 Å². The third-order valence-corrected chi connectivity index (χ3v) is 7.78. The Morgan fingerprint density at radius 3 is 2.11 bits per heavy atom. The van der Waals surface area contributed by atoms with E-state index in [9.17, 15) is 30.8 Å². The fraction of sp³-hybridized carbons (Fsp3) is 0.636.